The maximum atomic E-state index is 11.3. The minimum absolute atomic E-state index is 0.243. The fourth-order valence-corrected chi connectivity index (χ4v) is 2.58. The Morgan fingerprint density at radius 3 is 2.80 bits per heavy atom. The molecule has 0 amide bonds. The number of nitrogens with zero attached hydrogens (tertiary/aromatic N) is 2. The van der Waals surface area contributed by atoms with Gasteiger partial charge in [0.1, 0.15) is 5.54 Å². The number of carboxylic acids is 1. The normalized spacial score (nSPS) is 14.2. The van der Waals surface area contributed by atoms with Gasteiger partial charge in [0.15, 0.2) is 5.16 Å². The Bertz CT molecular complexity index is 499. The number of carboxylic acid groups (broad SMARTS) is 1. The Morgan fingerprint density at radius 2 is 2.30 bits per heavy atom. The van der Waals surface area contributed by atoms with E-state index >= 15 is 0 Å². The van der Waals surface area contributed by atoms with Crippen LogP contribution in [0.15, 0.2) is 9.95 Å². The molecular formula is C12H22N4O3S. The molecule has 0 saturated carbocycles. The summed E-state index contributed by atoms with van der Waals surface area (Å²) >= 11 is 1.44. The number of carbonyl (C=O) groups is 1. The summed E-state index contributed by atoms with van der Waals surface area (Å²) in [5.41, 5.74) is -1.14. The van der Waals surface area contributed by atoms with Gasteiger partial charge in [0, 0.05) is 12.8 Å². The zero-order valence-corrected chi connectivity index (χ0v) is 12.9. The molecule has 0 bridgehead atoms. The maximum Gasteiger partial charge on any atom is 0.343 e. The first-order valence-electron chi connectivity index (χ1n) is 6.63. The van der Waals surface area contributed by atoms with E-state index in [4.69, 9.17) is 0 Å². The Hall–Kier alpha value is -1.28. The molecule has 1 atom stereocenters. The largest absolute Gasteiger partial charge is 0.480 e. The molecule has 0 radical (unpaired) electrons. The molecule has 114 valence electrons. The highest BCUT2D eigenvalue weighted by molar-refractivity contribution is 7.99. The summed E-state index contributed by atoms with van der Waals surface area (Å²) in [6, 6.07) is 0. The molecule has 0 spiro atoms. The first kappa shape index (κ1) is 16.8. The molecule has 1 aromatic heterocycles. The van der Waals surface area contributed by atoms with Crippen LogP contribution in [-0.2, 0) is 11.8 Å². The van der Waals surface area contributed by atoms with Crippen LogP contribution in [0.3, 0.4) is 0 Å². The second-order valence-electron chi connectivity index (χ2n) is 4.89. The quantitative estimate of drug-likeness (QED) is 0.461. The van der Waals surface area contributed by atoms with Crippen LogP contribution in [0.5, 0.6) is 0 Å². The summed E-state index contributed by atoms with van der Waals surface area (Å²) < 4.78 is 1.44. The van der Waals surface area contributed by atoms with Crippen LogP contribution < -0.4 is 11.0 Å². The molecule has 0 aromatic carbocycles. The summed E-state index contributed by atoms with van der Waals surface area (Å²) in [6.45, 7) is 4.40. The number of aliphatic carboxylic acids is 1. The summed E-state index contributed by atoms with van der Waals surface area (Å²) in [5.74, 6) is -0.113. The van der Waals surface area contributed by atoms with E-state index in [1.807, 2.05) is 6.92 Å². The third-order valence-electron chi connectivity index (χ3n) is 3.13. The van der Waals surface area contributed by atoms with E-state index in [0.717, 1.165) is 18.6 Å². The third kappa shape index (κ3) is 4.38. The molecule has 1 rings (SSSR count). The van der Waals surface area contributed by atoms with E-state index in [2.05, 4.69) is 15.5 Å². The number of hydrogen-bond acceptors (Lipinski definition) is 5. The first-order valence-corrected chi connectivity index (χ1v) is 7.62. The number of hydrogen-bond donors (Lipinski definition) is 3. The SMILES string of the molecule is CCCNC(C)(CCCSc1n[nH]c(=O)n1C)C(=O)O. The lowest BCUT2D eigenvalue weighted by Crippen LogP contribution is -2.49. The van der Waals surface area contributed by atoms with Crippen molar-refractivity contribution < 1.29 is 9.90 Å². The molecule has 7 nitrogen and oxygen atoms in total. The lowest BCUT2D eigenvalue weighted by Gasteiger charge is -2.26. The van der Waals surface area contributed by atoms with Gasteiger partial charge in [-0.1, -0.05) is 18.7 Å². The van der Waals surface area contributed by atoms with Gasteiger partial charge >= 0.3 is 11.7 Å². The molecular weight excluding hydrogens is 280 g/mol. The highest BCUT2D eigenvalue weighted by Crippen LogP contribution is 2.19. The van der Waals surface area contributed by atoms with E-state index in [-0.39, 0.29) is 5.69 Å². The molecule has 20 heavy (non-hydrogen) atoms. The van der Waals surface area contributed by atoms with Crippen molar-refractivity contribution in [3.63, 3.8) is 0 Å². The van der Waals surface area contributed by atoms with Gasteiger partial charge in [0.2, 0.25) is 0 Å². The van der Waals surface area contributed by atoms with Gasteiger partial charge in [-0.05, 0) is 32.7 Å². The Balaban J connectivity index is 2.43. The van der Waals surface area contributed by atoms with Crippen molar-refractivity contribution in [3.05, 3.63) is 10.5 Å². The van der Waals surface area contributed by atoms with Gasteiger partial charge in [-0.3, -0.25) is 9.36 Å². The van der Waals surface area contributed by atoms with Gasteiger partial charge in [-0.15, -0.1) is 5.10 Å². The van der Waals surface area contributed by atoms with Crippen LogP contribution >= 0.6 is 11.8 Å². The maximum absolute atomic E-state index is 11.3. The standard InChI is InChI=1S/C12H22N4O3S/c1-4-7-13-12(2,9(17)18)6-5-8-20-11-15-14-10(19)16(11)3/h13H,4-8H2,1-3H3,(H,14,19)(H,17,18). The van der Waals surface area contributed by atoms with Crippen molar-refractivity contribution in [2.24, 2.45) is 7.05 Å². The average molecular weight is 302 g/mol. The highest BCUT2D eigenvalue weighted by Gasteiger charge is 2.31. The monoisotopic (exact) mass is 302 g/mol. The smallest absolute Gasteiger partial charge is 0.343 e. The van der Waals surface area contributed by atoms with Gasteiger partial charge in [-0.2, -0.15) is 0 Å². The van der Waals surface area contributed by atoms with Crippen molar-refractivity contribution >= 4 is 17.7 Å². The van der Waals surface area contributed by atoms with Crippen LogP contribution in [0.1, 0.15) is 33.1 Å². The Morgan fingerprint density at radius 1 is 1.60 bits per heavy atom. The number of rotatable bonds is 9. The predicted molar refractivity (Wildman–Crippen MR) is 78.1 cm³/mol. The number of aromatic amines is 1. The lowest BCUT2D eigenvalue weighted by atomic mass is 9.96. The second kappa shape index (κ2) is 7.49. The fraction of sp³-hybridized carbons (Fsp3) is 0.750. The Kier molecular flexibility index (Phi) is 6.28. The van der Waals surface area contributed by atoms with Crippen molar-refractivity contribution in [1.29, 1.82) is 0 Å². The average Bonchev–Trinajstić information content (AvgIpc) is 2.73. The lowest BCUT2D eigenvalue weighted by molar-refractivity contribution is -0.144. The zero-order chi connectivity index (χ0) is 15.2. The van der Waals surface area contributed by atoms with Gasteiger partial charge in [0.05, 0.1) is 0 Å². The fourth-order valence-electron chi connectivity index (χ4n) is 1.72. The van der Waals surface area contributed by atoms with E-state index in [0.29, 0.717) is 18.1 Å². The van der Waals surface area contributed by atoms with Crippen LogP contribution in [-0.4, -0.2) is 43.7 Å². The molecule has 0 aliphatic rings. The second-order valence-corrected chi connectivity index (χ2v) is 5.95. The van der Waals surface area contributed by atoms with Crippen molar-refractivity contribution in [1.82, 2.24) is 20.1 Å². The van der Waals surface area contributed by atoms with Gasteiger partial charge in [0.25, 0.3) is 0 Å². The molecule has 0 aliphatic heterocycles. The van der Waals surface area contributed by atoms with Gasteiger partial charge < -0.3 is 10.4 Å². The topological polar surface area (TPSA) is 100 Å². The number of H-pyrrole nitrogens is 1. The minimum Gasteiger partial charge on any atom is -0.480 e. The summed E-state index contributed by atoms with van der Waals surface area (Å²) in [6.07, 6.45) is 2.16. The number of aromatic nitrogens is 3. The van der Waals surface area contributed by atoms with Gasteiger partial charge in [-0.25, -0.2) is 9.89 Å². The third-order valence-corrected chi connectivity index (χ3v) is 4.24. The van der Waals surface area contributed by atoms with Crippen molar-refractivity contribution in [3.8, 4) is 0 Å². The van der Waals surface area contributed by atoms with Crippen molar-refractivity contribution in [2.45, 2.75) is 43.8 Å². The summed E-state index contributed by atoms with van der Waals surface area (Å²) in [5, 5.41) is 19.2. The minimum atomic E-state index is -0.895. The van der Waals surface area contributed by atoms with E-state index in [1.54, 1.807) is 14.0 Å². The van der Waals surface area contributed by atoms with E-state index in [1.165, 1.54) is 16.3 Å². The van der Waals surface area contributed by atoms with Crippen molar-refractivity contribution in [2.75, 3.05) is 12.3 Å². The van der Waals surface area contributed by atoms with Crippen LogP contribution in [0.2, 0.25) is 0 Å². The number of thioether (sulfide) groups is 1. The Labute approximate surface area is 122 Å². The first-order chi connectivity index (χ1) is 9.40. The molecule has 0 fully saturated rings. The summed E-state index contributed by atoms with van der Waals surface area (Å²) in [7, 11) is 1.65. The molecule has 8 heteroatoms. The van der Waals surface area contributed by atoms with E-state index < -0.39 is 11.5 Å². The molecule has 1 unspecified atom stereocenters. The molecule has 1 aromatic rings. The highest BCUT2D eigenvalue weighted by atomic mass is 32.2. The number of nitrogens with one attached hydrogen (secondary N) is 2. The zero-order valence-electron chi connectivity index (χ0n) is 12.1. The van der Waals surface area contributed by atoms with E-state index in [9.17, 15) is 14.7 Å². The molecule has 1 heterocycles. The molecule has 0 saturated heterocycles. The molecule has 3 N–H and O–H groups in total. The van der Waals surface area contributed by atoms with Crippen LogP contribution in [0.4, 0.5) is 0 Å². The summed E-state index contributed by atoms with van der Waals surface area (Å²) in [4.78, 5) is 22.5. The van der Waals surface area contributed by atoms with Crippen LogP contribution in [0.25, 0.3) is 0 Å². The molecule has 0 aliphatic carbocycles. The van der Waals surface area contributed by atoms with Crippen LogP contribution in [0, 0.1) is 0 Å². The predicted octanol–water partition coefficient (Wildman–Crippen LogP) is 0.824.